The van der Waals surface area contributed by atoms with Gasteiger partial charge in [0.05, 0.1) is 6.10 Å². The number of aromatic nitrogens is 1. The van der Waals surface area contributed by atoms with E-state index in [1.54, 1.807) is 29.3 Å². The van der Waals surface area contributed by atoms with Crippen LogP contribution in [0.5, 0.6) is 0 Å². The first-order chi connectivity index (χ1) is 10.4. The summed E-state index contributed by atoms with van der Waals surface area (Å²) in [7, 11) is 0. The SMILES string of the molecule is CC(O)CN(C(=O)c1csc(-c2ccc(Cl)cc2)n1)C(C)C. The summed E-state index contributed by atoms with van der Waals surface area (Å²) in [5.41, 5.74) is 1.34. The minimum Gasteiger partial charge on any atom is -0.392 e. The molecular weight excluding hydrogens is 320 g/mol. The van der Waals surface area contributed by atoms with Crippen LogP contribution in [0.25, 0.3) is 10.6 Å². The number of nitrogens with zero attached hydrogens (tertiary/aromatic N) is 2. The Balaban J connectivity index is 2.22. The lowest BCUT2D eigenvalue weighted by molar-refractivity contribution is 0.0574. The van der Waals surface area contributed by atoms with Gasteiger partial charge in [-0.05, 0) is 32.9 Å². The van der Waals surface area contributed by atoms with Gasteiger partial charge in [-0.3, -0.25) is 4.79 Å². The summed E-state index contributed by atoms with van der Waals surface area (Å²) in [6.45, 7) is 5.81. The Hall–Kier alpha value is -1.43. The first-order valence-corrected chi connectivity index (χ1v) is 8.34. The molecular formula is C16H19ClN2O2S. The van der Waals surface area contributed by atoms with E-state index in [1.807, 2.05) is 26.0 Å². The molecule has 6 heteroatoms. The van der Waals surface area contributed by atoms with Crippen molar-refractivity contribution in [2.45, 2.75) is 32.9 Å². The second kappa shape index (κ2) is 7.22. The van der Waals surface area contributed by atoms with E-state index in [1.165, 1.54) is 11.3 Å². The maximum atomic E-state index is 12.6. The fraction of sp³-hybridized carbons (Fsp3) is 0.375. The molecule has 1 atom stereocenters. The zero-order valence-corrected chi connectivity index (χ0v) is 14.4. The Labute approximate surface area is 139 Å². The molecule has 2 aromatic rings. The van der Waals surface area contributed by atoms with E-state index >= 15 is 0 Å². The van der Waals surface area contributed by atoms with Gasteiger partial charge in [0.1, 0.15) is 10.7 Å². The van der Waals surface area contributed by atoms with Gasteiger partial charge in [-0.2, -0.15) is 0 Å². The van der Waals surface area contributed by atoms with E-state index in [9.17, 15) is 9.90 Å². The van der Waals surface area contributed by atoms with Crippen LogP contribution in [-0.2, 0) is 0 Å². The molecule has 2 rings (SSSR count). The van der Waals surface area contributed by atoms with Gasteiger partial charge in [0.15, 0.2) is 0 Å². The maximum Gasteiger partial charge on any atom is 0.273 e. The summed E-state index contributed by atoms with van der Waals surface area (Å²) in [5.74, 6) is -0.160. The highest BCUT2D eigenvalue weighted by Gasteiger charge is 2.22. The summed E-state index contributed by atoms with van der Waals surface area (Å²) < 4.78 is 0. The average Bonchev–Trinajstić information content (AvgIpc) is 2.94. The number of rotatable bonds is 5. The standard InChI is InChI=1S/C16H19ClN2O2S/c1-10(2)19(8-11(3)20)16(21)14-9-22-15(18-14)12-4-6-13(17)7-5-12/h4-7,9-11,20H,8H2,1-3H3. The monoisotopic (exact) mass is 338 g/mol. The van der Waals surface area contributed by atoms with Crippen LogP contribution >= 0.6 is 22.9 Å². The van der Waals surface area contributed by atoms with E-state index in [-0.39, 0.29) is 11.9 Å². The third-order valence-corrected chi connectivity index (χ3v) is 4.30. The van der Waals surface area contributed by atoms with Crippen molar-refractivity contribution in [2.24, 2.45) is 0 Å². The van der Waals surface area contributed by atoms with Gasteiger partial charge < -0.3 is 10.0 Å². The normalized spacial score (nSPS) is 12.5. The molecule has 1 aromatic heterocycles. The number of aliphatic hydroxyl groups excluding tert-OH is 1. The number of aliphatic hydroxyl groups is 1. The Morgan fingerprint density at radius 2 is 1.95 bits per heavy atom. The van der Waals surface area contributed by atoms with Gasteiger partial charge in [-0.1, -0.05) is 23.7 Å². The third-order valence-electron chi connectivity index (χ3n) is 3.16. The van der Waals surface area contributed by atoms with Crippen LogP contribution in [0.1, 0.15) is 31.3 Å². The zero-order chi connectivity index (χ0) is 16.3. The quantitative estimate of drug-likeness (QED) is 0.904. The summed E-state index contributed by atoms with van der Waals surface area (Å²) in [6, 6.07) is 7.36. The largest absolute Gasteiger partial charge is 0.392 e. The molecule has 1 aromatic carbocycles. The van der Waals surface area contributed by atoms with Gasteiger partial charge in [0.25, 0.3) is 5.91 Å². The number of carbonyl (C=O) groups is 1. The molecule has 0 saturated heterocycles. The van der Waals surface area contributed by atoms with Crippen LogP contribution in [0.3, 0.4) is 0 Å². The lowest BCUT2D eigenvalue weighted by atomic mass is 10.2. The molecule has 0 aliphatic rings. The molecule has 0 radical (unpaired) electrons. The van der Waals surface area contributed by atoms with Crippen LogP contribution < -0.4 is 0 Å². The van der Waals surface area contributed by atoms with E-state index < -0.39 is 6.10 Å². The molecule has 1 amide bonds. The number of carbonyl (C=O) groups excluding carboxylic acids is 1. The molecule has 1 N–H and O–H groups in total. The fourth-order valence-corrected chi connectivity index (χ4v) is 2.98. The van der Waals surface area contributed by atoms with Crippen molar-refractivity contribution >= 4 is 28.8 Å². The van der Waals surface area contributed by atoms with Crippen molar-refractivity contribution in [3.8, 4) is 10.6 Å². The Bertz CT molecular complexity index is 638. The van der Waals surface area contributed by atoms with Crippen molar-refractivity contribution < 1.29 is 9.90 Å². The second-order valence-electron chi connectivity index (χ2n) is 5.45. The molecule has 0 bridgehead atoms. The van der Waals surface area contributed by atoms with Crippen LogP contribution in [0.4, 0.5) is 0 Å². The van der Waals surface area contributed by atoms with Crippen LogP contribution in [0, 0.1) is 0 Å². The molecule has 22 heavy (non-hydrogen) atoms. The molecule has 0 spiro atoms. The van der Waals surface area contributed by atoms with E-state index in [2.05, 4.69) is 4.98 Å². The molecule has 0 aliphatic carbocycles. The van der Waals surface area contributed by atoms with Crippen molar-refractivity contribution in [1.82, 2.24) is 9.88 Å². The molecule has 0 aliphatic heterocycles. The highest BCUT2D eigenvalue weighted by Crippen LogP contribution is 2.25. The lowest BCUT2D eigenvalue weighted by Gasteiger charge is -2.27. The zero-order valence-electron chi connectivity index (χ0n) is 12.8. The number of hydrogen-bond donors (Lipinski definition) is 1. The third kappa shape index (κ3) is 4.06. The van der Waals surface area contributed by atoms with Crippen LogP contribution in [0.15, 0.2) is 29.6 Å². The first-order valence-electron chi connectivity index (χ1n) is 7.09. The highest BCUT2D eigenvalue weighted by molar-refractivity contribution is 7.13. The lowest BCUT2D eigenvalue weighted by Crippen LogP contribution is -2.41. The molecule has 118 valence electrons. The number of hydrogen-bond acceptors (Lipinski definition) is 4. The average molecular weight is 339 g/mol. The topological polar surface area (TPSA) is 53.4 Å². The van der Waals surface area contributed by atoms with Gasteiger partial charge >= 0.3 is 0 Å². The van der Waals surface area contributed by atoms with Crippen LogP contribution in [0.2, 0.25) is 5.02 Å². The molecule has 1 heterocycles. The van der Waals surface area contributed by atoms with Crippen molar-refractivity contribution in [3.05, 3.63) is 40.4 Å². The molecule has 4 nitrogen and oxygen atoms in total. The smallest absolute Gasteiger partial charge is 0.273 e. The fourth-order valence-electron chi connectivity index (χ4n) is 2.06. The molecule has 1 unspecified atom stereocenters. The van der Waals surface area contributed by atoms with E-state index in [4.69, 9.17) is 11.6 Å². The maximum absolute atomic E-state index is 12.6. The summed E-state index contributed by atoms with van der Waals surface area (Å²) in [4.78, 5) is 18.6. The Morgan fingerprint density at radius 1 is 1.32 bits per heavy atom. The van der Waals surface area contributed by atoms with Crippen LogP contribution in [-0.4, -0.2) is 39.6 Å². The minimum atomic E-state index is -0.569. The van der Waals surface area contributed by atoms with Crippen molar-refractivity contribution in [1.29, 1.82) is 0 Å². The number of benzene rings is 1. The predicted octanol–water partition coefficient (Wildman–Crippen LogP) is 3.69. The van der Waals surface area contributed by atoms with Crippen molar-refractivity contribution in [2.75, 3.05) is 6.54 Å². The predicted molar refractivity (Wildman–Crippen MR) is 90.4 cm³/mol. The molecule has 0 fully saturated rings. The number of halogens is 1. The summed E-state index contributed by atoms with van der Waals surface area (Å²) in [6.07, 6.45) is -0.569. The van der Waals surface area contributed by atoms with Gasteiger partial charge in [-0.25, -0.2) is 4.98 Å². The van der Waals surface area contributed by atoms with Gasteiger partial charge in [0.2, 0.25) is 0 Å². The number of thiazole rings is 1. The first kappa shape index (κ1) is 16.9. The Kier molecular flexibility index (Phi) is 5.56. The van der Waals surface area contributed by atoms with E-state index in [0.717, 1.165) is 10.6 Å². The highest BCUT2D eigenvalue weighted by atomic mass is 35.5. The van der Waals surface area contributed by atoms with Crippen molar-refractivity contribution in [3.63, 3.8) is 0 Å². The second-order valence-corrected chi connectivity index (χ2v) is 6.74. The van der Waals surface area contributed by atoms with E-state index in [0.29, 0.717) is 17.3 Å². The Morgan fingerprint density at radius 3 is 2.50 bits per heavy atom. The van der Waals surface area contributed by atoms with Gasteiger partial charge in [-0.15, -0.1) is 11.3 Å². The molecule has 0 saturated carbocycles. The summed E-state index contributed by atoms with van der Waals surface area (Å²) in [5, 5.41) is 12.8. The number of amides is 1. The van der Waals surface area contributed by atoms with Gasteiger partial charge in [0, 0.05) is 28.6 Å². The summed E-state index contributed by atoms with van der Waals surface area (Å²) >= 11 is 7.30. The minimum absolute atomic E-state index is 0.00258.